The molecule has 27 heteroatoms. The van der Waals surface area contributed by atoms with E-state index in [-0.39, 0.29) is 124 Å². The molecule has 0 bridgehead atoms. The summed E-state index contributed by atoms with van der Waals surface area (Å²) in [5.41, 5.74) is -1.16. The smallest absolute Gasteiger partial charge is 0.744 e. The van der Waals surface area contributed by atoms with E-state index < -0.39 is 112 Å². The molecule has 0 unspecified atom stereocenters. The molecule has 0 aliphatic rings. The molecule has 4 aromatic carbocycles. The van der Waals surface area contributed by atoms with Gasteiger partial charge in [0.05, 0.1) is 29.4 Å². The summed E-state index contributed by atoms with van der Waals surface area (Å²) >= 11 is 0. The predicted octanol–water partition coefficient (Wildman–Crippen LogP) is -0.752. The number of hydrogen-bond donors (Lipinski definition) is 0. The van der Waals surface area contributed by atoms with Crippen LogP contribution in [-0.4, -0.2) is 191 Å². The molecule has 0 aliphatic heterocycles. The molecule has 0 aromatic heterocycles. The Morgan fingerprint density at radius 2 is 0.549 bits per heavy atom. The van der Waals surface area contributed by atoms with Gasteiger partial charge in [0.15, 0.2) is 0 Å². The number of fused-ring (bicyclic) bond motifs is 2. The summed E-state index contributed by atoms with van der Waals surface area (Å²) < 4.78 is 207. The Labute approximate surface area is 381 Å². The third kappa shape index (κ3) is 11.1. The summed E-state index contributed by atoms with van der Waals surface area (Å²) in [5, 5.41) is -1.49. The van der Waals surface area contributed by atoms with E-state index in [4.69, 9.17) is 0 Å². The molecule has 4 rings (SSSR count). The minimum atomic E-state index is -5.81. The molecule has 0 spiro atoms. The van der Waals surface area contributed by atoms with Gasteiger partial charge in [0.1, 0.15) is 60.7 Å². The first-order valence-electron chi connectivity index (χ1n) is 11.8. The number of benzene rings is 4. The van der Waals surface area contributed by atoms with Crippen LogP contribution in [0.25, 0.3) is 33.7 Å². The average Bonchev–Trinajstić information content (AvgIpc) is 2.91. The van der Waals surface area contributed by atoms with Crippen molar-refractivity contribution in [1.29, 1.82) is 0 Å². The minimum absolute atomic E-state index is 0. The van der Waals surface area contributed by atoms with Crippen molar-refractivity contribution in [2.45, 2.75) is 29.4 Å². The zero-order valence-electron chi connectivity index (χ0n) is 25.1. The molecule has 0 amide bonds. The van der Waals surface area contributed by atoms with Crippen molar-refractivity contribution < 1.29 is 77.8 Å². The van der Waals surface area contributed by atoms with Crippen LogP contribution in [0.15, 0.2) is 91.1 Å². The maximum Gasteiger partial charge on any atom is 2.00 e. The van der Waals surface area contributed by atoms with Crippen LogP contribution in [0.2, 0.25) is 0 Å². The van der Waals surface area contributed by atoms with E-state index in [1.807, 2.05) is 0 Å². The van der Waals surface area contributed by atoms with E-state index in [0.29, 0.717) is 0 Å². The van der Waals surface area contributed by atoms with E-state index in [1.54, 1.807) is 0 Å². The van der Waals surface area contributed by atoms with Gasteiger partial charge in [0.25, 0.3) is 0 Å². The van der Waals surface area contributed by atoms with Crippen molar-refractivity contribution in [2.75, 3.05) is 0 Å². The average molecular weight is 903 g/mol. The van der Waals surface area contributed by atoms with Crippen LogP contribution >= 0.6 is 0 Å². The molecule has 260 valence electrons. The van der Waals surface area contributed by atoms with E-state index >= 15 is 0 Å². The van der Waals surface area contributed by atoms with Crippen LogP contribution in [0.5, 0.6) is 0 Å². The largest absolute Gasteiger partial charge is 2.00 e. The van der Waals surface area contributed by atoms with Crippen LogP contribution in [0, 0.1) is 0 Å². The molecule has 18 nitrogen and oxygen atoms in total. The molecule has 0 atom stereocenters. The Morgan fingerprint density at radius 1 is 0.353 bits per heavy atom. The Morgan fingerprint density at radius 3 is 0.725 bits per heavy atom. The molecule has 0 saturated carbocycles. The van der Waals surface area contributed by atoms with Gasteiger partial charge in [-0.25, -0.2) is 50.5 Å². The van der Waals surface area contributed by atoms with Crippen LogP contribution in [-0.2, 0) is 60.7 Å². The maximum atomic E-state index is 11.5. The molecular weight excluding hydrogens is 889 g/mol. The zero-order chi connectivity index (χ0) is 37.0. The van der Waals surface area contributed by atoms with Gasteiger partial charge >= 0.3 is 113 Å². The Hall–Kier alpha value is 0.119. The van der Waals surface area contributed by atoms with Crippen LogP contribution in [0.1, 0.15) is 11.1 Å². The van der Waals surface area contributed by atoms with Gasteiger partial charge in [0.2, 0.25) is 0 Å². The Bertz CT molecular complexity index is 2560. The zero-order valence-corrected chi connectivity index (χ0v) is 36.6. The van der Waals surface area contributed by atoms with E-state index in [9.17, 15) is 77.8 Å². The van der Waals surface area contributed by atoms with Crippen molar-refractivity contribution in [3.8, 4) is 0 Å². The first-order valence-corrected chi connectivity index (χ1v) is 20.2. The van der Waals surface area contributed by atoms with Gasteiger partial charge in [0, 0.05) is 21.9 Å². The molecule has 0 fully saturated rings. The monoisotopic (exact) mass is 902 g/mol. The van der Waals surface area contributed by atoms with E-state index in [2.05, 4.69) is 13.2 Å². The van der Waals surface area contributed by atoms with Crippen molar-refractivity contribution in [3.05, 3.63) is 72.8 Å². The second kappa shape index (κ2) is 17.9. The fourth-order valence-corrected chi connectivity index (χ4v) is 11.7. The molecule has 0 heterocycles. The SMILES string of the molecule is C=Cc1c(S(=O)(=O)[O-])c(S(=O)(=O)[O-])c(S(=O)(=O)[O-])c2ccccc12.C=Cc1c(S(=O)(=O)[O-])c(S(=O)(=O)[O-])c(S(=O)(=O)[O-])c2ccccc12.[Ca+2].[Ca+2].[Ca+2]. The second-order valence-electron chi connectivity index (χ2n) is 9.03. The topological polar surface area (TPSA) is 343 Å². The summed E-state index contributed by atoms with van der Waals surface area (Å²) in [7, 11) is -34.1. The van der Waals surface area contributed by atoms with Crippen molar-refractivity contribution in [3.63, 3.8) is 0 Å². The van der Waals surface area contributed by atoms with Gasteiger partial charge in [-0.2, -0.15) is 0 Å². The van der Waals surface area contributed by atoms with E-state index in [1.165, 1.54) is 24.3 Å². The molecule has 0 radical (unpaired) electrons. The van der Waals surface area contributed by atoms with Crippen molar-refractivity contribution in [2.24, 2.45) is 0 Å². The van der Waals surface area contributed by atoms with Gasteiger partial charge < -0.3 is 27.3 Å². The van der Waals surface area contributed by atoms with Gasteiger partial charge in [-0.05, 0) is 10.8 Å². The molecule has 51 heavy (non-hydrogen) atoms. The molecule has 4 aromatic rings. The Kier molecular flexibility index (Phi) is 18.0. The molecule has 0 N–H and O–H groups in total. The fourth-order valence-electron chi connectivity index (χ4n) is 4.62. The maximum absolute atomic E-state index is 11.5. The Balaban J connectivity index is 0.000000926. The quantitative estimate of drug-likeness (QED) is 0.155. The first kappa shape index (κ1) is 51.1. The summed E-state index contributed by atoms with van der Waals surface area (Å²) in [6, 6.07) is 9.42. The van der Waals surface area contributed by atoms with Crippen molar-refractivity contribution in [1.82, 2.24) is 0 Å². The van der Waals surface area contributed by atoms with E-state index in [0.717, 1.165) is 36.4 Å². The third-order valence-electron chi connectivity index (χ3n) is 6.15. The molecule has 0 aliphatic carbocycles. The minimum Gasteiger partial charge on any atom is -0.744 e. The summed E-state index contributed by atoms with van der Waals surface area (Å²) in [4.78, 5) is -10.1. The fraction of sp³-hybridized carbons (Fsp3) is 0. The number of rotatable bonds is 8. The van der Waals surface area contributed by atoms with Gasteiger partial charge in [-0.1, -0.05) is 73.8 Å². The second-order valence-corrected chi connectivity index (χ2v) is 16.9. The summed E-state index contributed by atoms with van der Waals surface area (Å²) in [5.74, 6) is 0. The molecular formula is C24H14Ca3O18S6. The van der Waals surface area contributed by atoms with Crippen LogP contribution in [0.4, 0.5) is 0 Å². The predicted molar refractivity (Wildman–Crippen MR) is 173 cm³/mol. The van der Waals surface area contributed by atoms with Gasteiger partial charge in [-0.15, -0.1) is 0 Å². The standard InChI is InChI=1S/2C12H10O9S3.3Ca/c2*1-2-7-8-5-3-4-6-9(8)11(23(16,17)18)12(24(19,20)21)10(7)22(13,14)15;;;/h2*2-6H,1H2,(H,13,14,15)(H,16,17,18)(H,19,20,21);;;/q;;3*+2/p-6. The third-order valence-corrected chi connectivity index (χ3v) is 12.2. The summed E-state index contributed by atoms with van der Waals surface area (Å²) in [6.07, 6.45) is 1.56. The number of hydrogen-bond acceptors (Lipinski definition) is 18. The normalized spacial score (nSPS) is 12.4. The molecule has 0 saturated heterocycles. The van der Waals surface area contributed by atoms with Crippen molar-refractivity contribution >= 4 is 208 Å². The first-order chi connectivity index (χ1) is 21.6. The van der Waals surface area contributed by atoms with Crippen LogP contribution in [0.3, 0.4) is 0 Å². The van der Waals surface area contributed by atoms with Crippen LogP contribution < -0.4 is 0 Å². The van der Waals surface area contributed by atoms with Gasteiger partial charge in [-0.3, -0.25) is 0 Å². The summed E-state index contributed by atoms with van der Waals surface area (Å²) in [6.45, 7) is 6.48.